The molecule has 0 aliphatic carbocycles. The van der Waals surface area contributed by atoms with Gasteiger partial charge < -0.3 is 9.47 Å². The summed E-state index contributed by atoms with van der Waals surface area (Å²) >= 11 is 4.88. The Morgan fingerprint density at radius 2 is 2.39 bits per heavy atom. The van der Waals surface area contributed by atoms with Gasteiger partial charge in [-0.25, -0.2) is 9.78 Å². The van der Waals surface area contributed by atoms with Gasteiger partial charge in [-0.05, 0) is 28.1 Å². The second kappa shape index (κ2) is 4.60. The molecule has 6 heteroatoms. The van der Waals surface area contributed by atoms with Gasteiger partial charge in [0.05, 0.1) is 35.6 Å². The number of esters is 1. The molecule has 2 heterocycles. The zero-order valence-electron chi connectivity index (χ0n) is 9.60. The van der Waals surface area contributed by atoms with E-state index in [0.29, 0.717) is 5.56 Å². The maximum absolute atomic E-state index is 11.7. The summed E-state index contributed by atoms with van der Waals surface area (Å²) in [4.78, 5) is 16.1. The molecule has 1 aromatic heterocycles. The number of hydrogen-bond donors (Lipinski definition) is 0. The lowest BCUT2D eigenvalue weighted by atomic mass is 9.99. The number of methoxy groups -OCH3 is 1. The van der Waals surface area contributed by atoms with Gasteiger partial charge in [0, 0.05) is 12.0 Å². The standard InChI is InChI=1S/C12H10BrNO3S/c1-16-11(15)6-4-7(8-2-3-17-8)10-9(5-6)18-12(13)14-10/h4-5,8H,2-3H2,1H3. The van der Waals surface area contributed by atoms with Crippen LogP contribution in [0, 0.1) is 0 Å². The van der Waals surface area contributed by atoms with E-state index in [4.69, 9.17) is 9.47 Å². The lowest BCUT2D eigenvalue weighted by molar-refractivity contribution is -0.0519. The van der Waals surface area contributed by atoms with Crippen molar-refractivity contribution in [1.82, 2.24) is 4.98 Å². The molecule has 1 aromatic carbocycles. The van der Waals surface area contributed by atoms with Crippen LogP contribution < -0.4 is 0 Å². The zero-order chi connectivity index (χ0) is 12.7. The monoisotopic (exact) mass is 327 g/mol. The van der Waals surface area contributed by atoms with Crippen molar-refractivity contribution in [1.29, 1.82) is 0 Å². The van der Waals surface area contributed by atoms with Crippen molar-refractivity contribution in [3.05, 3.63) is 27.2 Å². The third-order valence-electron chi connectivity index (χ3n) is 2.97. The number of carbonyl (C=O) groups is 1. The number of rotatable bonds is 2. The van der Waals surface area contributed by atoms with Gasteiger partial charge in [0.25, 0.3) is 0 Å². The number of benzene rings is 1. The molecule has 4 nitrogen and oxygen atoms in total. The average molecular weight is 328 g/mol. The number of carbonyl (C=O) groups excluding carboxylic acids is 1. The molecule has 94 valence electrons. The highest BCUT2D eigenvalue weighted by Crippen LogP contribution is 2.38. The van der Waals surface area contributed by atoms with Crippen LogP contribution >= 0.6 is 27.3 Å². The SMILES string of the molecule is COC(=O)c1cc(C2CCO2)c2nc(Br)sc2c1. The molecule has 0 bridgehead atoms. The van der Waals surface area contributed by atoms with Gasteiger partial charge in [0.2, 0.25) is 0 Å². The molecular weight excluding hydrogens is 318 g/mol. The highest BCUT2D eigenvalue weighted by Gasteiger charge is 2.25. The fourth-order valence-electron chi connectivity index (χ4n) is 1.99. The molecular formula is C12H10BrNO3S. The summed E-state index contributed by atoms with van der Waals surface area (Å²) in [5.41, 5.74) is 2.43. The van der Waals surface area contributed by atoms with E-state index in [-0.39, 0.29) is 12.1 Å². The van der Waals surface area contributed by atoms with E-state index in [1.54, 1.807) is 0 Å². The number of nitrogens with zero attached hydrogens (tertiary/aromatic N) is 1. The Morgan fingerprint density at radius 1 is 1.61 bits per heavy atom. The number of ether oxygens (including phenoxy) is 2. The molecule has 0 amide bonds. The molecule has 18 heavy (non-hydrogen) atoms. The quantitative estimate of drug-likeness (QED) is 0.794. The van der Waals surface area contributed by atoms with Crippen LogP contribution in [-0.2, 0) is 9.47 Å². The lowest BCUT2D eigenvalue weighted by Gasteiger charge is -2.27. The smallest absolute Gasteiger partial charge is 0.337 e. The van der Waals surface area contributed by atoms with Gasteiger partial charge in [-0.2, -0.15) is 0 Å². The van der Waals surface area contributed by atoms with Crippen molar-refractivity contribution in [2.45, 2.75) is 12.5 Å². The predicted octanol–water partition coefficient (Wildman–Crippen LogP) is 3.31. The van der Waals surface area contributed by atoms with Gasteiger partial charge in [-0.15, -0.1) is 11.3 Å². The van der Waals surface area contributed by atoms with E-state index in [2.05, 4.69) is 20.9 Å². The van der Waals surface area contributed by atoms with E-state index < -0.39 is 0 Å². The molecule has 2 aromatic rings. The Kier molecular flexibility index (Phi) is 3.09. The fourth-order valence-corrected chi connectivity index (χ4v) is 3.46. The first-order valence-electron chi connectivity index (χ1n) is 5.49. The molecule has 1 aliphatic heterocycles. The Hall–Kier alpha value is -0.980. The molecule has 1 atom stereocenters. The Labute approximate surface area is 116 Å². The van der Waals surface area contributed by atoms with Crippen LogP contribution in [0.1, 0.15) is 28.4 Å². The maximum Gasteiger partial charge on any atom is 0.337 e. The minimum atomic E-state index is -0.331. The van der Waals surface area contributed by atoms with Crippen LogP contribution in [0.3, 0.4) is 0 Å². The Bertz CT molecular complexity index is 621. The minimum absolute atomic E-state index is 0.0473. The Morgan fingerprint density at radius 3 is 3.00 bits per heavy atom. The summed E-state index contributed by atoms with van der Waals surface area (Å²) in [6.45, 7) is 0.764. The summed E-state index contributed by atoms with van der Waals surface area (Å²) in [6, 6.07) is 3.63. The Balaban J connectivity index is 2.19. The van der Waals surface area contributed by atoms with Crippen molar-refractivity contribution in [2.24, 2.45) is 0 Å². The second-order valence-electron chi connectivity index (χ2n) is 4.02. The van der Waals surface area contributed by atoms with Gasteiger partial charge in [-0.1, -0.05) is 0 Å². The summed E-state index contributed by atoms with van der Waals surface area (Å²) in [5, 5.41) is 0. The van der Waals surface area contributed by atoms with E-state index in [1.165, 1.54) is 18.4 Å². The van der Waals surface area contributed by atoms with Crippen molar-refractivity contribution >= 4 is 43.5 Å². The van der Waals surface area contributed by atoms with Crippen LogP contribution in [0.25, 0.3) is 10.2 Å². The highest BCUT2D eigenvalue weighted by molar-refractivity contribution is 9.11. The van der Waals surface area contributed by atoms with Crippen LogP contribution in [0.4, 0.5) is 0 Å². The molecule has 0 spiro atoms. The van der Waals surface area contributed by atoms with Gasteiger partial charge in [-0.3, -0.25) is 0 Å². The third-order valence-corrected chi connectivity index (χ3v) is 4.42. The lowest BCUT2D eigenvalue weighted by Crippen LogP contribution is -2.19. The molecule has 1 unspecified atom stereocenters. The first-order chi connectivity index (χ1) is 8.69. The number of hydrogen-bond acceptors (Lipinski definition) is 5. The van der Waals surface area contributed by atoms with E-state index in [1.807, 2.05) is 12.1 Å². The largest absolute Gasteiger partial charge is 0.465 e. The molecule has 1 saturated heterocycles. The first-order valence-corrected chi connectivity index (χ1v) is 7.10. The maximum atomic E-state index is 11.7. The average Bonchev–Trinajstić information content (AvgIpc) is 2.66. The van der Waals surface area contributed by atoms with Crippen LogP contribution in [-0.4, -0.2) is 24.7 Å². The van der Waals surface area contributed by atoms with Gasteiger partial charge in [0.15, 0.2) is 3.92 Å². The van der Waals surface area contributed by atoms with Gasteiger partial charge >= 0.3 is 5.97 Å². The highest BCUT2D eigenvalue weighted by atomic mass is 79.9. The summed E-state index contributed by atoms with van der Waals surface area (Å²) in [7, 11) is 1.38. The van der Waals surface area contributed by atoms with E-state index in [9.17, 15) is 4.79 Å². The summed E-state index contributed by atoms with van der Waals surface area (Å²) in [6.07, 6.45) is 1.01. The predicted molar refractivity (Wildman–Crippen MR) is 72.0 cm³/mol. The van der Waals surface area contributed by atoms with Crippen molar-refractivity contribution in [3.8, 4) is 0 Å². The molecule has 1 fully saturated rings. The zero-order valence-corrected chi connectivity index (χ0v) is 12.0. The van der Waals surface area contributed by atoms with Crippen LogP contribution in [0.5, 0.6) is 0 Å². The van der Waals surface area contributed by atoms with Crippen molar-refractivity contribution in [2.75, 3.05) is 13.7 Å². The van der Waals surface area contributed by atoms with E-state index in [0.717, 1.165) is 32.7 Å². The number of aromatic nitrogens is 1. The van der Waals surface area contributed by atoms with Crippen molar-refractivity contribution < 1.29 is 14.3 Å². The van der Waals surface area contributed by atoms with Crippen molar-refractivity contribution in [3.63, 3.8) is 0 Å². The number of thiazole rings is 1. The molecule has 3 rings (SSSR count). The topological polar surface area (TPSA) is 48.4 Å². The normalized spacial score (nSPS) is 18.7. The summed E-state index contributed by atoms with van der Waals surface area (Å²) < 4.78 is 12.0. The molecule has 0 N–H and O–H groups in total. The number of fused-ring (bicyclic) bond motifs is 1. The van der Waals surface area contributed by atoms with Gasteiger partial charge in [0.1, 0.15) is 0 Å². The summed E-state index contributed by atoms with van der Waals surface area (Å²) in [5.74, 6) is -0.331. The first kappa shape index (κ1) is 12.1. The number of halogens is 1. The minimum Gasteiger partial charge on any atom is -0.465 e. The van der Waals surface area contributed by atoms with E-state index >= 15 is 0 Å². The third kappa shape index (κ3) is 1.94. The molecule has 0 saturated carbocycles. The van der Waals surface area contributed by atoms with Crippen LogP contribution in [0.2, 0.25) is 0 Å². The second-order valence-corrected chi connectivity index (χ2v) is 6.33. The van der Waals surface area contributed by atoms with Crippen LogP contribution in [0.15, 0.2) is 16.0 Å². The molecule has 1 aliphatic rings. The fraction of sp³-hybridized carbons (Fsp3) is 0.333. The molecule has 0 radical (unpaired) electrons.